The second kappa shape index (κ2) is 4.43. The van der Waals surface area contributed by atoms with Gasteiger partial charge in [0.1, 0.15) is 5.38 Å². The highest BCUT2D eigenvalue weighted by Crippen LogP contribution is 2.37. The first kappa shape index (κ1) is 11.2. The molecule has 0 spiro atoms. The van der Waals surface area contributed by atoms with Crippen molar-refractivity contribution in [3.05, 3.63) is 35.9 Å². The monoisotopic (exact) mass is 249 g/mol. The van der Waals surface area contributed by atoms with Crippen LogP contribution in [-0.4, -0.2) is 28.1 Å². The minimum atomic E-state index is -0.294. The van der Waals surface area contributed by atoms with Gasteiger partial charge in [-0.1, -0.05) is 30.3 Å². The van der Waals surface area contributed by atoms with Crippen LogP contribution in [-0.2, 0) is 11.3 Å². The van der Waals surface area contributed by atoms with Gasteiger partial charge in [0.05, 0.1) is 0 Å². The van der Waals surface area contributed by atoms with Gasteiger partial charge in [-0.15, -0.1) is 11.6 Å². The SMILES string of the molecule is O=C1CC2CCC(C1Cl)N2Cc1ccccc1. The van der Waals surface area contributed by atoms with Crippen molar-refractivity contribution in [1.29, 1.82) is 0 Å². The fourth-order valence-corrected chi connectivity index (χ4v) is 3.46. The Morgan fingerprint density at radius 1 is 1.24 bits per heavy atom. The first-order chi connectivity index (χ1) is 8.25. The Bertz CT molecular complexity index is 419. The average molecular weight is 250 g/mol. The molecule has 2 aliphatic rings. The lowest BCUT2D eigenvalue weighted by Crippen LogP contribution is -2.49. The maximum atomic E-state index is 11.7. The van der Waals surface area contributed by atoms with E-state index in [0.717, 1.165) is 19.4 Å². The molecule has 2 saturated heterocycles. The van der Waals surface area contributed by atoms with Crippen LogP contribution in [0.15, 0.2) is 30.3 Å². The van der Waals surface area contributed by atoms with Gasteiger partial charge >= 0.3 is 0 Å². The molecule has 1 aromatic carbocycles. The Morgan fingerprint density at radius 3 is 2.76 bits per heavy atom. The summed E-state index contributed by atoms with van der Waals surface area (Å²) in [5.74, 6) is 0.239. The molecule has 3 atom stereocenters. The van der Waals surface area contributed by atoms with E-state index in [4.69, 9.17) is 11.6 Å². The van der Waals surface area contributed by atoms with Gasteiger partial charge in [0.25, 0.3) is 0 Å². The van der Waals surface area contributed by atoms with E-state index in [0.29, 0.717) is 12.5 Å². The van der Waals surface area contributed by atoms with Crippen molar-refractivity contribution in [2.24, 2.45) is 0 Å². The third-order valence-corrected chi connectivity index (χ3v) is 4.52. The zero-order valence-corrected chi connectivity index (χ0v) is 10.4. The van der Waals surface area contributed by atoms with E-state index < -0.39 is 0 Å². The summed E-state index contributed by atoms with van der Waals surface area (Å²) in [6.07, 6.45) is 2.82. The summed E-state index contributed by atoms with van der Waals surface area (Å²) in [7, 11) is 0. The zero-order valence-electron chi connectivity index (χ0n) is 9.68. The second-order valence-corrected chi connectivity index (χ2v) is 5.50. The topological polar surface area (TPSA) is 20.3 Å². The highest BCUT2D eigenvalue weighted by molar-refractivity contribution is 6.32. The van der Waals surface area contributed by atoms with Crippen molar-refractivity contribution < 1.29 is 4.79 Å². The molecular weight excluding hydrogens is 234 g/mol. The summed E-state index contributed by atoms with van der Waals surface area (Å²) in [4.78, 5) is 14.1. The largest absolute Gasteiger partial charge is 0.298 e. The number of ketones is 1. The van der Waals surface area contributed by atoms with Crippen LogP contribution in [0.5, 0.6) is 0 Å². The fraction of sp³-hybridized carbons (Fsp3) is 0.500. The van der Waals surface area contributed by atoms with Crippen molar-refractivity contribution in [3.63, 3.8) is 0 Å². The van der Waals surface area contributed by atoms with E-state index in [2.05, 4.69) is 29.2 Å². The van der Waals surface area contributed by atoms with E-state index in [-0.39, 0.29) is 17.2 Å². The number of carbonyl (C=O) groups excluding carboxylic acids is 1. The Balaban J connectivity index is 1.79. The molecular formula is C14H16ClNO. The summed E-state index contributed by atoms with van der Waals surface area (Å²) in [6, 6.07) is 11.1. The first-order valence-electron chi connectivity index (χ1n) is 6.22. The average Bonchev–Trinajstić information content (AvgIpc) is 2.65. The molecule has 2 fully saturated rings. The number of hydrogen-bond acceptors (Lipinski definition) is 2. The summed E-state index contributed by atoms with van der Waals surface area (Å²) in [5, 5.41) is -0.294. The van der Waals surface area contributed by atoms with Crippen molar-refractivity contribution in [2.45, 2.75) is 43.3 Å². The molecule has 2 aliphatic heterocycles. The van der Waals surface area contributed by atoms with Crippen molar-refractivity contribution >= 4 is 17.4 Å². The predicted octanol–water partition coefficient (Wildman–Crippen LogP) is 2.60. The molecule has 3 heteroatoms. The summed E-state index contributed by atoms with van der Waals surface area (Å²) in [6.45, 7) is 0.923. The third-order valence-electron chi connectivity index (χ3n) is 3.98. The molecule has 0 aliphatic carbocycles. The van der Waals surface area contributed by atoms with Gasteiger partial charge in [-0.05, 0) is 18.4 Å². The number of piperidine rings is 1. The smallest absolute Gasteiger partial charge is 0.153 e. The molecule has 0 saturated carbocycles. The number of halogens is 1. The van der Waals surface area contributed by atoms with Crippen LogP contribution in [0.3, 0.4) is 0 Å². The highest BCUT2D eigenvalue weighted by atomic mass is 35.5. The van der Waals surface area contributed by atoms with Gasteiger partial charge in [0.15, 0.2) is 5.78 Å². The number of carbonyl (C=O) groups is 1. The minimum Gasteiger partial charge on any atom is -0.298 e. The molecule has 3 rings (SSSR count). The number of Topliss-reactive ketones (excluding diaryl/α,β-unsaturated/α-hetero) is 1. The van der Waals surface area contributed by atoms with Crippen molar-refractivity contribution in [3.8, 4) is 0 Å². The van der Waals surface area contributed by atoms with Gasteiger partial charge in [-0.2, -0.15) is 0 Å². The highest BCUT2D eigenvalue weighted by Gasteiger charge is 2.45. The van der Waals surface area contributed by atoms with Gasteiger partial charge < -0.3 is 0 Å². The van der Waals surface area contributed by atoms with E-state index >= 15 is 0 Å². The van der Waals surface area contributed by atoms with Crippen LogP contribution in [0.2, 0.25) is 0 Å². The molecule has 2 nitrogen and oxygen atoms in total. The van der Waals surface area contributed by atoms with Crippen molar-refractivity contribution in [1.82, 2.24) is 4.90 Å². The molecule has 90 valence electrons. The van der Waals surface area contributed by atoms with Crippen LogP contribution >= 0.6 is 11.6 Å². The van der Waals surface area contributed by atoms with E-state index in [9.17, 15) is 4.79 Å². The molecule has 2 bridgehead atoms. The zero-order chi connectivity index (χ0) is 11.8. The van der Waals surface area contributed by atoms with E-state index in [1.54, 1.807) is 0 Å². The van der Waals surface area contributed by atoms with Gasteiger partial charge in [0.2, 0.25) is 0 Å². The van der Waals surface area contributed by atoms with Crippen LogP contribution in [0.25, 0.3) is 0 Å². The predicted molar refractivity (Wildman–Crippen MR) is 68.1 cm³/mol. The summed E-state index contributed by atoms with van der Waals surface area (Å²) in [5.41, 5.74) is 1.31. The number of rotatable bonds is 2. The lowest BCUT2D eigenvalue weighted by Gasteiger charge is -2.36. The first-order valence-corrected chi connectivity index (χ1v) is 6.66. The Morgan fingerprint density at radius 2 is 2.00 bits per heavy atom. The quantitative estimate of drug-likeness (QED) is 0.751. The lowest BCUT2D eigenvalue weighted by atomic mass is 10.00. The van der Waals surface area contributed by atoms with E-state index in [1.807, 2.05) is 6.07 Å². The molecule has 1 aromatic rings. The standard InChI is InChI=1S/C14H16ClNO/c15-14-12-7-6-11(8-13(14)17)16(12)9-10-4-2-1-3-5-10/h1-5,11-12,14H,6-9H2. The van der Waals surface area contributed by atoms with Crippen molar-refractivity contribution in [2.75, 3.05) is 0 Å². The van der Waals surface area contributed by atoms with Gasteiger partial charge in [-0.3, -0.25) is 9.69 Å². The van der Waals surface area contributed by atoms with E-state index in [1.165, 1.54) is 5.56 Å². The molecule has 2 heterocycles. The number of benzene rings is 1. The maximum Gasteiger partial charge on any atom is 0.153 e. The normalized spacial score (nSPS) is 33.0. The number of nitrogens with zero attached hydrogens (tertiary/aromatic N) is 1. The Kier molecular flexibility index (Phi) is 2.93. The number of fused-ring (bicyclic) bond motifs is 2. The summed E-state index contributed by atoms with van der Waals surface area (Å²) >= 11 is 6.23. The van der Waals surface area contributed by atoms with Crippen LogP contribution in [0, 0.1) is 0 Å². The number of alkyl halides is 1. The lowest BCUT2D eigenvalue weighted by molar-refractivity contribution is -0.123. The van der Waals surface area contributed by atoms with Crippen LogP contribution < -0.4 is 0 Å². The molecule has 3 unspecified atom stereocenters. The number of hydrogen-bond donors (Lipinski definition) is 0. The molecule has 17 heavy (non-hydrogen) atoms. The second-order valence-electron chi connectivity index (χ2n) is 5.03. The minimum absolute atomic E-state index is 0.239. The molecule has 0 radical (unpaired) electrons. The van der Waals surface area contributed by atoms with Gasteiger partial charge in [0, 0.05) is 25.0 Å². The Labute approximate surface area is 107 Å². The fourth-order valence-electron chi connectivity index (χ4n) is 3.10. The summed E-state index contributed by atoms with van der Waals surface area (Å²) < 4.78 is 0. The molecule has 0 aromatic heterocycles. The molecule has 0 N–H and O–H groups in total. The third kappa shape index (κ3) is 2.00. The van der Waals surface area contributed by atoms with Crippen LogP contribution in [0.1, 0.15) is 24.8 Å². The Hall–Kier alpha value is -0.860. The molecule has 0 amide bonds. The maximum absolute atomic E-state index is 11.7. The van der Waals surface area contributed by atoms with Crippen LogP contribution in [0.4, 0.5) is 0 Å². The van der Waals surface area contributed by atoms with Gasteiger partial charge in [-0.25, -0.2) is 0 Å².